The molecule has 0 bridgehead atoms. The number of anilines is 1. The molecule has 20 heavy (non-hydrogen) atoms. The molecule has 0 amide bonds. The molecule has 6 nitrogen and oxygen atoms in total. The van der Waals surface area contributed by atoms with Crippen molar-refractivity contribution in [1.82, 2.24) is 20.1 Å². The Morgan fingerprint density at radius 1 is 1.20 bits per heavy atom. The van der Waals surface area contributed by atoms with Crippen molar-refractivity contribution in [2.45, 2.75) is 20.4 Å². The number of hydrogen-bond acceptors (Lipinski definition) is 6. The standard InChI is InChI=1S/C14H15N5O/c1-9-5-4-6-11-13(9)14(16-8-15-11)19(3)7-12-17-10(2)20-18-12/h4-6,8H,7H2,1-3H3. The van der Waals surface area contributed by atoms with Gasteiger partial charge in [-0.25, -0.2) is 9.97 Å². The molecular weight excluding hydrogens is 254 g/mol. The van der Waals surface area contributed by atoms with E-state index in [1.165, 1.54) is 0 Å². The van der Waals surface area contributed by atoms with E-state index in [4.69, 9.17) is 4.52 Å². The van der Waals surface area contributed by atoms with Gasteiger partial charge >= 0.3 is 0 Å². The highest BCUT2D eigenvalue weighted by molar-refractivity contribution is 5.92. The van der Waals surface area contributed by atoms with E-state index in [0.717, 1.165) is 22.3 Å². The zero-order valence-electron chi connectivity index (χ0n) is 11.7. The highest BCUT2D eigenvalue weighted by Gasteiger charge is 2.13. The lowest BCUT2D eigenvalue weighted by atomic mass is 10.1. The summed E-state index contributed by atoms with van der Waals surface area (Å²) in [5, 5.41) is 4.97. The van der Waals surface area contributed by atoms with Crippen molar-refractivity contribution < 1.29 is 4.52 Å². The summed E-state index contributed by atoms with van der Waals surface area (Å²) in [6, 6.07) is 6.04. The summed E-state index contributed by atoms with van der Waals surface area (Å²) in [7, 11) is 1.96. The lowest BCUT2D eigenvalue weighted by Crippen LogP contribution is -2.19. The topological polar surface area (TPSA) is 67.9 Å². The molecule has 0 atom stereocenters. The van der Waals surface area contributed by atoms with Crippen molar-refractivity contribution in [2.24, 2.45) is 0 Å². The SMILES string of the molecule is Cc1nc(CN(C)c2ncnc3cccc(C)c23)no1. The number of fused-ring (bicyclic) bond motifs is 1. The maximum absolute atomic E-state index is 4.99. The van der Waals surface area contributed by atoms with Crippen LogP contribution in [0.15, 0.2) is 29.0 Å². The number of benzene rings is 1. The summed E-state index contributed by atoms with van der Waals surface area (Å²) in [6.07, 6.45) is 1.58. The van der Waals surface area contributed by atoms with Crippen LogP contribution in [0.1, 0.15) is 17.3 Å². The van der Waals surface area contributed by atoms with E-state index in [-0.39, 0.29) is 0 Å². The van der Waals surface area contributed by atoms with Crippen LogP contribution >= 0.6 is 0 Å². The van der Waals surface area contributed by atoms with E-state index in [1.54, 1.807) is 13.3 Å². The second-order valence-corrected chi connectivity index (χ2v) is 4.75. The van der Waals surface area contributed by atoms with Crippen LogP contribution in [-0.2, 0) is 6.54 Å². The smallest absolute Gasteiger partial charge is 0.223 e. The molecule has 2 heterocycles. The first-order valence-electron chi connectivity index (χ1n) is 6.36. The minimum Gasteiger partial charge on any atom is -0.351 e. The Morgan fingerprint density at radius 3 is 2.80 bits per heavy atom. The van der Waals surface area contributed by atoms with Gasteiger partial charge in [0.1, 0.15) is 12.1 Å². The maximum atomic E-state index is 4.99. The molecule has 0 N–H and O–H groups in total. The highest BCUT2D eigenvalue weighted by Crippen LogP contribution is 2.25. The molecule has 0 unspecified atom stereocenters. The quantitative estimate of drug-likeness (QED) is 0.726. The van der Waals surface area contributed by atoms with Gasteiger partial charge in [-0.1, -0.05) is 17.3 Å². The molecule has 0 aliphatic heterocycles. The molecule has 0 saturated carbocycles. The summed E-state index contributed by atoms with van der Waals surface area (Å²) in [5.41, 5.74) is 2.08. The number of aromatic nitrogens is 4. The average molecular weight is 269 g/mol. The van der Waals surface area contributed by atoms with Crippen molar-refractivity contribution >= 4 is 16.7 Å². The molecule has 0 spiro atoms. The van der Waals surface area contributed by atoms with Gasteiger partial charge in [-0.3, -0.25) is 0 Å². The van der Waals surface area contributed by atoms with Crippen molar-refractivity contribution in [1.29, 1.82) is 0 Å². The van der Waals surface area contributed by atoms with Gasteiger partial charge in [0.05, 0.1) is 12.1 Å². The Hall–Kier alpha value is -2.50. The molecule has 0 aliphatic rings. The van der Waals surface area contributed by atoms with E-state index in [9.17, 15) is 0 Å². The van der Waals surface area contributed by atoms with Gasteiger partial charge in [-0.2, -0.15) is 4.98 Å². The fraction of sp³-hybridized carbons (Fsp3) is 0.286. The zero-order valence-corrected chi connectivity index (χ0v) is 11.7. The van der Waals surface area contributed by atoms with Crippen LogP contribution in [0.4, 0.5) is 5.82 Å². The minimum atomic E-state index is 0.539. The Labute approximate surface area is 116 Å². The molecule has 3 rings (SSSR count). The Morgan fingerprint density at radius 2 is 2.05 bits per heavy atom. The molecule has 2 aromatic heterocycles. The summed E-state index contributed by atoms with van der Waals surface area (Å²) >= 11 is 0. The van der Waals surface area contributed by atoms with Crippen LogP contribution in [0.3, 0.4) is 0 Å². The summed E-state index contributed by atoms with van der Waals surface area (Å²) in [6.45, 7) is 4.38. The van der Waals surface area contributed by atoms with Crippen LogP contribution in [-0.4, -0.2) is 27.2 Å². The van der Waals surface area contributed by atoms with E-state index in [2.05, 4.69) is 33.1 Å². The first-order chi connectivity index (χ1) is 9.65. The first kappa shape index (κ1) is 12.5. The maximum Gasteiger partial charge on any atom is 0.223 e. The molecule has 0 aliphatic carbocycles. The number of hydrogen-bond donors (Lipinski definition) is 0. The van der Waals surface area contributed by atoms with Gasteiger partial charge in [0, 0.05) is 19.4 Å². The molecule has 102 valence electrons. The summed E-state index contributed by atoms with van der Waals surface area (Å²) < 4.78 is 4.99. The Balaban J connectivity index is 2.01. The highest BCUT2D eigenvalue weighted by atomic mass is 16.5. The second kappa shape index (κ2) is 4.88. The first-order valence-corrected chi connectivity index (χ1v) is 6.36. The van der Waals surface area contributed by atoms with E-state index in [1.807, 2.05) is 24.1 Å². The molecule has 0 fully saturated rings. The molecule has 0 saturated heterocycles. The Kier molecular flexibility index (Phi) is 3.06. The lowest BCUT2D eigenvalue weighted by Gasteiger charge is -2.18. The minimum absolute atomic E-state index is 0.539. The van der Waals surface area contributed by atoms with E-state index < -0.39 is 0 Å². The lowest BCUT2D eigenvalue weighted by molar-refractivity contribution is 0.387. The van der Waals surface area contributed by atoms with Gasteiger partial charge in [0.2, 0.25) is 5.89 Å². The van der Waals surface area contributed by atoms with Gasteiger partial charge in [-0.05, 0) is 18.6 Å². The molecule has 1 aromatic carbocycles. The predicted octanol–water partition coefficient (Wildman–Crippen LogP) is 2.27. The van der Waals surface area contributed by atoms with Crippen molar-refractivity contribution in [3.05, 3.63) is 41.8 Å². The van der Waals surface area contributed by atoms with E-state index >= 15 is 0 Å². The van der Waals surface area contributed by atoms with Gasteiger partial charge in [0.25, 0.3) is 0 Å². The average Bonchev–Trinajstić information content (AvgIpc) is 2.84. The summed E-state index contributed by atoms with van der Waals surface area (Å²) in [4.78, 5) is 14.9. The van der Waals surface area contributed by atoms with Crippen LogP contribution in [0.2, 0.25) is 0 Å². The summed E-state index contributed by atoms with van der Waals surface area (Å²) in [5.74, 6) is 2.08. The largest absolute Gasteiger partial charge is 0.351 e. The van der Waals surface area contributed by atoms with Crippen LogP contribution < -0.4 is 4.90 Å². The fourth-order valence-corrected chi connectivity index (χ4v) is 2.24. The number of nitrogens with zero attached hydrogens (tertiary/aromatic N) is 5. The predicted molar refractivity (Wildman–Crippen MR) is 75.4 cm³/mol. The third-order valence-electron chi connectivity index (χ3n) is 3.16. The third-order valence-corrected chi connectivity index (χ3v) is 3.16. The molecule has 0 radical (unpaired) electrons. The normalized spacial score (nSPS) is 10.9. The van der Waals surface area contributed by atoms with Crippen LogP contribution in [0.25, 0.3) is 10.9 Å². The van der Waals surface area contributed by atoms with Gasteiger partial charge in [-0.15, -0.1) is 0 Å². The van der Waals surface area contributed by atoms with Crippen molar-refractivity contribution in [3.63, 3.8) is 0 Å². The van der Waals surface area contributed by atoms with Crippen LogP contribution in [0.5, 0.6) is 0 Å². The third kappa shape index (κ3) is 2.20. The monoisotopic (exact) mass is 269 g/mol. The number of aryl methyl sites for hydroxylation is 2. The van der Waals surface area contributed by atoms with Crippen molar-refractivity contribution in [3.8, 4) is 0 Å². The Bertz CT molecular complexity index is 747. The second-order valence-electron chi connectivity index (χ2n) is 4.75. The number of rotatable bonds is 3. The molecule has 3 aromatic rings. The van der Waals surface area contributed by atoms with Crippen LogP contribution in [0, 0.1) is 13.8 Å². The molecule has 6 heteroatoms. The van der Waals surface area contributed by atoms with Crippen molar-refractivity contribution in [2.75, 3.05) is 11.9 Å². The van der Waals surface area contributed by atoms with Gasteiger partial charge < -0.3 is 9.42 Å². The zero-order chi connectivity index (χ0) is 14.1. The van der Waals surface area contributed by atoms with Gasteiger partial charge in [0.15, 0.2) is 5.82 Å². The van der Waals surface area contributed by atoms with E-state index in [0.29, 0.717) is 18.3 Å². The molecular formula is C14H15N5O. The fourth-order valence-electron chi connectivity index (χ4n) is 2.24.